The van der Waals surface area contributed by atoms with Gasteiger partial charge in [0.1, 0.15) is 5.82 Å². The molecule has 0 atom stereocenters. The zero-order chi connectivity index (χ0) is 17.0. The fourth-order valence-electron chi connectivity index (χ4n) is 2.25. The van der Waals surface area contributed by atoms with Crippen molar-refractivity contribution in [1.29, 1.82) is 0 Å². The first-order valence-electron chi connectivity index (χ1n) is 5.98. The first-order chi connectivity index (χ1) is 10.7. The van der Waals surface area contributed by atoms with E-state index in [1.165, 1.54) is 6.07 Å². The third-order valence-corrected chi connectivity index (χ3v) is 6.26. The smallest absolute Gasteiger partial charge is 0.262 e. The predicted octanol–water partition coefficient (Wildman–Crippen LogP) is 3.14. The van der Waals surface area contributed by atoms with E-state index in [9.17, 15) is 14.4 Å². The van der Waals surface area contributed by atoms with Crippen LogP contribution in [0.2, 0.25) is 10.0 Å². The Balaban J connectivity index is 2.41. The van der Waals surface area contributed by atoms with E-state index in [1.807, 2.05) is 0 Å². The van der Waals surface area contributed by atoms with E-state index in [0.29, 0.717) is 8.95 Å². The zero-order valence-electron chi connectivity index (χ0n) is 10.9. The maximum atomic E-state index is 12.4. The lowest BCUT2D eigenvalue weighted by molar-refractivity contribution is 0.0880. The lowest BCUT2D eigenvalue weighted by Crippen LogP contribution is -2.24. The number of amides is 2. The van der Waals surface area contributed by atoms with Gasteiger partial charge in [-0.15, -0.1) is 0 Å². The average molecular weight is 482 g/mol. The van der Waals surface area contributed by atoms with Gasteiger partial charge in [-0.3, -0.25) is 24.3 Å². The van der Waals surface area contributed by atoms with E-state index in [4.69, 9.17) is 28.9 Å². The molecule has 118 valence electrons. The second kappa shape index (κ2) is 5.62. The van der Waals surface area contributed by atoms with Crippen LogP contribution in [-0.4, -0.2) is 16.4 Å². The van der Waals surface area contributed by atoms with E-state index < -0.39 is 17.4 Å². The van der Waals surface area contributed by atoms with Crippen LogP contribution in [0.3, 0.4) is 0 Å². The lowest BCUT2D eigenvalue weighted by Gasteiger charge is -2.15. The molecule has 1 aliphatic rings. The molecule has 1 aromatic heterocycles. The SMILES string of the molecule is Nc1c2c(cc(=O)n1-c1cc(Cl)c(Br)c(Cl)c1Br)C(=O)NC2=O. The predicted molar refractivity (Wildman–Crippen MR) is 93.7 cm³/mol. The molecule has 3 N–H and O–H groups in total. The fourth-order valence-corrected chi connectivity index (χ4v) is 3.76. The summed E-state index contributed by atoms with van der Waals surface area (Å²) in [6, 6.07) is 2.50. The molecule has 2 amide bonds. The first kappa shape index (κ1) is 16.5. The third-order valence-electron chi connectivity index (χ3n) is 3.28. The molecule has 0 radical (unpaired) electrons. The number of hydrogen-bond acceptors (Lipinski definition) is 4. The fraction of sp³-hybridized carbons (Fsp3) is 0. The van der Waals surface area contributed by atoms with Crippen LogP contribution in [0, 0.1) is 0 Å². The second-order valence-electron chi connectivity index (χ2n) is 4.59. The van der Waals surface area contributed by atoms with E-state index in [-0.39, 0.29) is 32.7 Å². The van der Waals surface area contributed by atoms with Gasteiger partial charge in [0.2, 0.25) is 0 Å². The minimum atomic E-state index is -0.665. The number of pyridine rings is 1. The Kier molecular flexibility index (Phi) is 4.04. The van der Waals surface area contributed by atoms with Crippen LogP contribution < -0.4 is 16.6 Å². The van der Waals surface area contributed by atoms with Crippen LogP contribution in [0.1, 0.15) is 20.7 Å². The summed E-state index contributed by atoms with van der Waals surface area (Å²) in [7, 11) is 0. The number of nitrogen functional groups attached to an aromatic ring is 1. The number of rotatable bonds is 1. The summed E-state index contributed by atoms with van der Waals surface area (Å²) >= 11 is 18.7. The number of carbonyl (C=O) groups is 2. The number of imide groups is 1. The van der Waals surface area contributed by atoms with Crippen LogP contribution in [0.4, 0.5) is 5.82 Å². The van der Waals surface area contributed by atoms with Gasteiger partial charge in [0.15, 0.2) is 0 Å². The van der Waals surface area contributed by atoms with Gasteiger partial charge in [0, 0.05) is 6.07 Å². The van der Waals surface area contributed by atoms with Crippen molar-refractivity contribution in [1.82, 2.24) is 9.88 Å². The highest BCUT2D eigenvalue weighted by Gasteiger charge is 2.32. The largest absolute Gasteiger partial charge is 0.384 e. The molecule has 10 heteroatoms. The highest BCUT2D eigenvalue weighted by molar-refractivity contribution is 9.11. The Labute approximate surface area is 155 Å². The number of hydrogen-bond donors (Lipinski definition) is 2. The molecule has 6 nitrogen and oxygen atoms in total. The van der Waals surface area contributed by atoms with Crippen molar-refractivity contribution < 1.29 is 9.59 Å². The molecule has 0 saturated heterocycles. The summed E-state index contributed by atoms with van der Waals surface area (Å²) in [5.41, 5.74) is 5.50. The van der Waals surface area contributed by atoms with Crippen LogP contribution in [-0.2, 0) is 0 Å². The molecule has 0 bridgehead atoms. The Bertz CT molecular complexity index is 972. The molecular weight excluding hydrogens is 477 g/mol. The molecule has 2 heterocycles. The number of nitrogens with one attached hydrogen (secondary N) is 1. The standard InChI is InChI=1S/C13H5Br2Cl2N3O3/c14-8-4(16)2-5(9(15)10(8)17)20-6(21)1-3-7(11(20)18)13(23)19-12(3)22/h1-2H,18H2,(H,19,22,23). The number of aromatic nitrogens is 1. The van der Waals surface area contributed by atoms with E-state index in [0.717, 1.165) is 10.6 Å². The van der Waals surface area contributed by atoms with Crippen LogP contribution in [0.5, 0.6) is 0 Å². The number of halogens is 4. The van der Waals surface area contributed by atoms with Gasteiger partial charge in [0.25, 0.3) is 17.4 Å². The normalized spacial score (nSPS) is 13.2. The molecule has 0 spiro atoms. The van der Waals surface area contributed by atoms with Gasteiger partial charge in [-0.25, -0.2) is 0 Å². The number of anilines is 1. The van der Waals surface area contributed by atoms with E-state index >= 15 is 0 Å². The maximum Gasteiger partial charge on any atom is 0.262 e. The van der Waals surface area contributed by atoms with E-state index in [1.54, 1.807) is 0 Å². The molecular formula is C13H5Br2Cl2N3O3. The summed E-state index contributed by atoms with van der Waals surface area (Å²) in [5, 5.41) is 2.58. The summed E-state index contributed by atoms with van der Waals surface area (Å²) in [5.74, 6) is -1.50. The molecule has 1 aliphatic heterocycles. The van der Waals surface area contributed by atoms with Gasteiger partial charge < -0.3 is 5.73 Å². The number of nitrogens with two attached hydrogens (primary N) is 1. The minimum absolute atomic E-state index is 0.0563. The maximum absolute atomic E-state index is 12.4. The van der Waals surface area contributed by atoms with Crippen molar-refractivity contribution in [3.8, 4) is 5.69 Å². The van der Waals surface area contributed by atoms with Gasteiger partial charge in [-0.1, -0.05) is 23.2 Å². The second-order valence-corrected chi connectivity index (χ2v) is 6.97. The van der Waals surface area contributed by atoms with Crippen LogP contribution in [0.15, 0.2) is 25.9 Å². The van der Waals surface area contributed by atoms with Gasteiger partial charge in [0.05, 0.1) is 35.8 Å². The summed E-state index contributed by atoms with van der Waals surface area (Å²) in [4.78, 5) is 35.9. The number of benzene rings is 1. The topological polar surface area (TPSA) is 94.2 Å². The Morgan fingerprint density at radius 3 is 2.35 bits per heavy atom. The lowest BCUT2D eigenvalue weighted by atomic mass is 10.1. The monoisotopic (exact) mass is 479 g/mol. The quantitative estimate of drug-likeness (QED) is 0.372. The van der Waals surface area contributed by atoms with Gasteiger partial charge in [-0.05, 0) is 37.9 Å². The van der Waals surface area contributed by atoms with Gasteiger partial charge in [-0.2, -0.15) is 0 Å². The van der Waals surface area contributed by atoms with Gasteiger partial charge >= 0.3 is 0 Å². The molecule has 23 heavy (non-hydrogen) atoms. The summed E-state index contributed by atoms with van der Waals surface area (Å²) < 4.78 is 1.86. The molecule has 3 rings (SSSR count). The molecule has 2 aromatic rings. The van der Waals surface area contributed by atoms with Crippen LogP contribution in [0.25, 0.3) is 5.69 Å². The number of carbonyl (C=O) groups excluding carboxylic acids is 2. The first-order valence-corrected chi connectivity index (χ1v) is 8.32. The summed E-state index contributed by atoms with van der Waals surface area (Å²) in [6.07, 6.45) is 0. The van der Waals surface area contributed by atoms with Crippen molar-refractivity contribution in [3.05, 3.63) is 52.6 Å². The number of fused-ring (bicyclic) bond motifs is 1. The third kappa shape index (κ3) is 2.40. The molecule has 0 unspecified atom stereocenters. The highest BCUT2D eigenvalue weighted by Crippen LogP contribution is 2.40. The van der Waals surface area contributed by atoms with E-state index in [2.05, 4.69) is 37.2 Å². The molecule has 1 aromatic carbocycles. The minimum Gasteiger partial charge on any atom is -0.384 e. The average Bonchev–Trinajstić information content (AvgIpc) is 2.76. The highest BCUT2D eigenvalue weighted by atomic mass is 79.9. The molecule has 0 saturated carbocycles. The molecule has 0 aliphatic carbocycles. The summed E-state index contributed by atoms with van der Waals surface area (Å²) in [6.45, 7) is 0. The van der Waals surface area contributed by atoms with Crippen LogP contribution >= 0.6 is 55.1 Å². The van der Waals surface area contributed by atoms with Crippen molar-refractivity contribution in [2.45, 2.75) is 0 Å². The molecule has 0 fully saturated rings. The Hall–Kier alpha value is -1.35. The number of nitrogens with zero attached hydrogens (tertiary/aromatic N) is 1. The Morgan fingerprint density at radius 2 is 1.70 bits per heavy atom. The van der Waals surface area contributed by atoms with Crippen molar-refractivity contribution in [2.75, 3.05) is 5.73 Å². The van der Waals surface area contributed by atoms with Crippen molar-refractivity contribution >= 4 is 72.7 Å². The Morgan fingerprint density at radius 1 is 1.04 bits per heavy atom. The zero-order valence-corrected chi connectivity index (χ0v) is 15.6. The van der Waals surface area contributed by atoms with Crippen molar-refractivity contribution in [2.24, 2.45) is 0 Å². The van der Waals surface area contributed by atoms with Crippen molar-refractivity contribution in [3.63, 3.8) is 0 Å².